The number of ether oxygens (including phenoxy) is 1. The molecule has 2 N–H and O–H groups in total. The van der Waals surface area contributed by atoms with Crippen LogP contribution < -0.4 is 10.2 Å². The summed E-state index contributed by atoms with van der Waals surface area (Å²) in [6.07, 6.45) is 2.55. The van der Waals surface area contributed by atoms with Crippen LogP contribution in [-0.2, 0) is 9.53 Å². The molecule has 0 radical (unpaired) electrons. The number of halogens is 2. The summed E-state index contributed by atoms with van der Waals surface area (Å²) in [6.45, 7) is 6.65. The van der Waals surface area contributed by atoms with Crippen molar-refractivity contribution in [3.8, 4) is 11.3 Å². The second-order valence-corrected chi connectivity index (χ2v) is 8.99. The lowest BCUT2D eigenvalue weighted by Crippen LogP contribution is -2.50. The monoisotopic (exact) mass is 509 g/mol. The van der Waals surface area contributed by atoms with Crippen molar-refractivity contribution in [2.45, 2.75) is 32.9 Å². The first kappa shape index (κ1) is 24.5. The number of nitrogens with zero attached hydrogens (tertiary/aromatic N) is 6. The Morgan fingerprint density at radius 2 is 1.97 bits per heavy atom. The maximum absolute atomic E-state index is 14.9. The zero-order chi connectivity index (χ0) is 26.3. The molecule has 0 aliphatic carbocycles. The molecule has 0 bridgehead atoms. The van der Waals surface area contributed by atoms with Gasteiger partial charge in [0.2, 0.25) is 5.95 Å². The van der Waals surface area contributed by atoms with Crippen LogP contribution in [-0.4, -0.2) is 61.4 Å². The molecule has 1 aromatic carbocycles. The van der Waals surface area contributed by atoms with Crippen LogP contribution >= 0.6 is 0 Å². The summed E-state index contributed by atoms with van der Waals surface area (Å²) in [7, 11) is 0. The lowest BCUT2D eigenvalue weighted by Gasteiger charge is -2.34. The van der Waals surface area contributed by atoms with E-state index in [1.54, 1.807) is 30.0 Å². The van der Waals surface area contributed by atoms with Crippen molar-refractivity contribution in [1.29, 1.82) is 0 Å². The highest BCUT2D eigenvalue weighted by Gasteiger charge is 2.29. The van der Waals surface area contributed by atoms with E-state index in [-0.39, 0.29) is 35.4 Å². The summed E-state index contributed by atoms with van der Waals surface area (Å²) in [5.41, 5.74) is 1.59. The number of carboxylic acid groups (broad SMARTS) is 1. The van der Waals surface area contributed by atoms with Crippen molar-refractivity contribution in [1.82, 2.24) is 24.5 Å². The minimum absolute atomic E-state index is 0.0319. The molecule has 1 fully saturated rings. The number of carboxylic acids is 1. The van der Waals surface area contributed by atoms with Gasteiger partial charge >= 0.3 is 5.97 Å². The van der Waals surface area contributed by atoms with Crippen molar-refractivity contribution in [2.24, 2.45) is 0 Å². The first-order chi connectivity index (χ1) is 17.7. The molecular formula is C25H25F2N7O3. The lowest BCUT2D eigenvalue weighted by molar-refractivity contribution is -0.141. The van der Waals surface area contributed by atoms with Gasteiger partial charge in [0.25, 0.3) is 0 Å². The second-order valence-electron chi connectivity index (χ2n) is 8.99. The maximum atomic E-state index is 14.9. The third-order valence-corrected chi connectivity index (χ3v) is 6.19. The number of rotatable bonds is 6. The molecule has 192 valence electrons. The summed E-state index contributed by atoms with van der Waals surface area (Å²) in [6, 6.07) is 5.48. The Kier molecular flexibility index (Phi) is 6.42. The van der Waals surface area contributed by atoms with E-state index in [4.69, 9.17) is 4.74 Å². The van der Waals surface area contributed by atoms with Gasteiger partial charge in [0, 0.05) is 18.2 Å². The number of aromatic nitrogens is 5. The van der Waals surface area contributed by atoms with E-state index in [1.165, 1.54) is 12.3 Å². The van der Waals surface area contributed by atoms with E-state index in [0.717, 1.165) is 6.20 Å². The van der Waals surface area contributed by atoms with E-state index < -0.39 is 23.6 Å². The molecular weight excluding hydrogens is 484 g/mol. The highest BCUT2D eigenvalue weighted by atomic mass is 19.1. The van der Waals surface area contributed by atoms with Gasteiger partial charge in [0.1, 0.15) is 22.9 Å². The molecule has 0 spiro atoms. The van der Waals surface area contributed by atoms with Crippen molar-refractivity contribution in [2.75, 3.05) is 30.0 Å². The molecule has 5 rings (SSSR count). The molecule has 1 aliphatic rings. The van der Waals surface area contributed by atoms with Crippen LogP contribution in [0.4, 0.5) is 26.2 Å². The number of benzene rings is 1. The Hall–Kier alpha value is -4.19. The Bertz CT molecular complexity index is 1470. The van der Waals surface area contributed by atoms with Crippen LogP contribution in [0.1, 0.15) is 25.7 Å². The fourth-order valence-electron chi connectivity index (χ4n) is 4.55. The smallest absolute Gasteiger partial charge is 0.328 e. The molecule has 37 heavy (non-hydrogen) atoms. The number of fused-ring (bicyclic) bond motifs is 1. The number of carbonyl (C=O) groups is 1. The van der Waals surface area contributed by atoms with Crippen molar-refractivity contribution >= 4 is 34.5 Å². The van der Waals surface area contributed by atoms with Crippen LogP contribution in [0.15, 0.2) is 36.7 Å². The third kappa shape index (κ3) is 4.67. The zero-order valence-electron chi connectivity index (χ0n) is 20.4. The average molecular weight is 510 g/mol. The Morgan fingerprint density at radius 3 is 2.68 bits per heavy atom. The minimum Gasteiger partial charge on any atom is -0.480 e. The summed E-state index contributed by atoms with van der Waals surface area (Å²) in [4.78, 5) is 30.2. The van der Waals surface area contributed by atoms with Crippen molar-refractivity contribution in [3.63, 3.8) is 0 Å². The fraction of sp³-hybridized carbons (Fsp3) is 0.320. The number of nitrogens with one attached hydrogen (secondary N) is 1. The molecule has 0 amide bonds. The van der Waals surface area contributed by atoms with E-state index in [1.807, 2.05) is 18.4 Å². The molecule has 0 unspecified atom stereocenters. The van der Waals surface area contributed by atoms with E-state index in [2.05, 4.69) is 25.3 Å². The predicted octanol–water partition coefficient (Wildman–Crippen LogP) is 4.09. The molecule has 4 heterocycles. The molecule has 0 saturated carbocycles. The predicted molar refractivity (Wildman–Crippen MR) is 133 cm³/mol. The number of pyridine rings is 1. The van der Waals surface area contributed by atoms with Crippen molar-refractivity contribution < 1.29 is 23.4 Å². The Morgan fingerprint density at radius 1 is 1.16 bits per heavy atom. The van der Waals surface area contributed by atoms with Gasteiger partial charge in [-0.3, -0.25) is 0 Å². The summed E-state index contributed by atoms with van der Waals surface area (Å²) >= 11 is 0. The molecule has 4 aromatic rings. The van der Waals surface area contributed by atoms with Crippen molar-refractivity contribution in [3.05, 3.63) is 54.1 Å². The number of aliphatic carboxylic acids is 1. The quantitative estimate of drug-likeness (QED) is 0.396. The normalized spacial score (nSPS) is 15.9. The summed E-state index contributed by atoms with van der Waals surface area (Å²) in [5, 5.41) is 12.4. The SMILES string of the molecule is Cc1nc2c(F)cc(-c3nc(Nc4ccc(N5CCOC[C@@H]5C(=O)O)cn4)ncc3F)cc2n1C(C)C. The highest BCUT2D eigenvalue weighted by Crippen LogP contribution is 2.30. The van der Waals surface area contributed by atoms with Gasteiger partial charge < -0.3 is 24.6 Å². The van der Waals surface area contributed by atoms with Crippen LogP contribution in [0.3, 0.4) is 0 Å². The summed E-state index contributed by atoms with van der Waals surface area (Å²) in [5.74, 6) is -1.14. The summed E-state index contributed by atoms with van der Waals surface area (Å²) < 4.78 is 36.9. The fourth-order valence-corrected chi connectivity index (χ4v) is 4.55. The minimum atomic E-state index is -0.977. The Labute approximate surface area is 211 Å². The number of hydrogen-bond donors (Lipinski definition) is 2. The van der Waals surface area contributed by atoms with Gasteiger partial charge in [0.15, 0.2) is 17.7 Å². The average Bonchev–Trinajstić information content (AvgIpc) is 3.22. The van der Waals surface area contributed by atoms with Gasteiger partial charge in [-0.1, -0.05) is 0 Å². The number of aryl methyl sites for hydroxylation is 1. The third-order valence-electron chi connectivity index (χ3n) is 6.19. The highest BCUT2D eigenvalue weighted by molar-refractivity contribution is 5.83. The van der Waals surface area contributed by atoms with Gasteiger partial charge in [0.05, 0.1) is 36.8 Å². The number of anilines is 3. The van der Waals surface area contributed by atoms with Gasteiger partial charge in [-0.2, -0.15) is 0 Å². The Balaban J connectivity index is 1.43. The van der Waals surface area contributed by atoms with Gasteiger partial charge in [-0.15, -0.1) is 0 Å². The topological polar surface area (TPSA) is 118 Å². The van der Waals surface area contributed by atoms with Crippen LogP contribution in [0, 0.1) is 18.6 Å². The lowest BCUT2D eigenvalue weighted by atomic mass is 10.1. The zero-order valence-corrected chi connectivity index (χ0v) is 20.4. The van der Waals surface area contributed by atoms with Crippen LogP contribution in [0.25, 0.3) is 22.3 Å². The van der Waals surface area contributed by atoms with E-state index in [0.29, 0.717) is 36.0 Å². The largest absolute Gasteiger partial charge is 0.480 e. The van der Waals surface area contributed by atoms with E-state index >= 15 is 0 Å². The number of hydrogen-bond acceptors (Lipinski definition) is 8. The standard InChI is InChI=1S/C25H25F2N7O3/c1-13(2)34-14(3)30-23-17(26)8-15(9-19(23)34)22-18(27)11-29-25(32-22)31-21-5-4-16(10-28-21)33-6-7-37-12-20(33)24(35)36/h4-5,8-11,13,20H,6-7,12H2,1-3H3,(H,35,36)(H,28,29,31,32)/t20-/m1/s1. The molecule has 1 atom stereocenters. The molecule has 12 heteroatoms. The molecule has 1 saturated heterocycles. The van der Waals surface area contributed by atoms with Crippen LogP contribution in [0.5, 0.6) is 0 Å². The molecule has 3 aromatic heterocycles. The molecule has 1 aliphatic heterocycles. The van der Waals surface area contributed by atoms with Gasteiger partial charge in [-0.05, 0) is 45.0 Å². The van der Waals surface area contributed by atoms with Crippen LogP contribution in [0.2, 0.25) is 0 Å². The van der Waals surface area contributed by atoms with Gasteiger partial charge in [-0.25, -0.2) is 33.5 Å². The maximum Gasteiger partial charge on any atom is 0.328 e. The first-order valence-corrected chi connectivity index (χ1v) is 11.7. The number of morpholine rings is 1. The second kappa shape index (κ2) is 9.69. The molecule has 10 nitrogen and oxygen atoms in total. The first-order valence-electron chi connectivity index (χ1n) is 11.7. The number of imidazole rings is 1. The van der Waals surface area contributed by atoms with E-state index in [9.17, 15) is 18.7 Å².